The molecular formula is C14H19ClN4. The Morgan fingerprint density at radius 3 is 2.84 bits per heavy atom. The van der Waals surface area contributed by atoms with E-state index in [0.29, 0.717) is 5.92 Å². The number of nitrogens with one attached hydrogen (secondary N) is 1. The van der Waals surface area contributed by atoms with Crippen molar-refractivity contribution in [1.82, 2.24) is 20.3 Å². The number of aryl methyl sites for hydroxylation is 1. The number of hydrogen-bond acceptors (Lipinski definition) is 3. The third-order valence-corrected chi connectivity index (χ3v) is 3.23. The standard InChI is InChI=1S/C14H19ClN4/c1-10(2)7-16-8-12-9-19(18-17-12)13-5-4-11(3)14(15)6-13/h4-6,9-10,16H,7-8H2,1-3H3. The van der Waals surface area contributed by atoms with Crippen molar-refractivity contribution in [2.24, 2.45) is 5.92 Å². The molecule has 1 aromatic heterocycles. The molecule has 0 saturated heterocycles. The highest BCUT2D eigenvalue weighted by Crippen LogP contribution is 2.18. The van der Waals surface area contributed by atoms with Gasteiger partial charge in [0.1, 0.15) is 0 Å². The molecule has 2 rings (SSSR count). The first kappa shape index (κ1) is 14.0. The van der Waals surface area contributed by atoms with Crippen molar-refractivity contribution in [1.29, 1.82) is 0 Å². The van der Waals surface area contributed by atoms with Crippen LogP contribution in [0.5, 0.6) is 0 Å². The fraction of sp³-hybridized carbons (Fsp3) is 0.429. The zero-order chi connectivity index (χ0) is 13.8. The Labute approximate surface area is 118 Å². The van der Waals surface area contributed by atoms with Crippen LogP contribution in [0, 0.1) is 12.8 Å². The molecule has 0 amide bonds. The zero-order valence-corrected chi connectivity index (χ0v) is 12.3. The van der Waals surface area contributed by atoms with Gasteiger partial charge in [-0.05, 0) is 37.1 Å². The van der Waals surface area contributed by atoms with Gasteiger partial charge in [0.25, 0.3) is 0 Å². The fourth-order valence-corrected chi connectivity index (χ4v) is 1.89. The summed E-state index contributed by atoms with van der Waals surface area (Å²) in [4.78, 5) is 0. The monoisotopic (exact) mass is 278 g/mol. The lowest BCUT2D eigenvalue weighted by atomic mass is 10.2. The molecule has 0 atom stereocenters. The second-order valence-electron chi connectivity index (χ2n) is 5.11. The topological polar surface area (TPSA) is 42.7 Å². The van der Waals surface area contributed by atoms with E-state index in [0.717, 1.165) is 35.1 Å². The molecule has 5 heteroatoms. The lowest BCUT2D eigenvalue weighted by Crippen LogP contribution is -2.19. The van der Waals surface area contributed by atoms with Crippen LogP contribution in [0.3, 0.4) is 0 Å². The first-order valence-electron chi connectivity index (χ1n) is 6.44. The van der Waals surface area contributed by atoms with Gasteiger partial charge in [-0.1, -0.05) is 36.7 Å². The number of nitrogens with zero attached hydrogens (tertiary/aromatic N) is 3. The van der Waals surface area contributed by atoms with Crippen LogP contribution in [0.15, 0.2) is 24.4 Å². The van der Waals surface area contributed by atoms with Crippen LogP contribution in [-0.2, 0) is 6.54 Å². The molecule has 0 aliphatic heterocycles. The summed E-state index contributed by atoms with van der Waals surface area (Å²) in [6.45, 7) is 8.05. The number of benzene rings is 1. The summed E-state index contributed by atoms with van der Waals surface area (Å²) in [5.74, 6) is 0.631. The van der Waals surface area contributed by atoms with Gasteiger partial charge in [-0.3, -0.25) is 0 Å². The normalized spacial score (nSPS) is 11.2. The molecule has 1 N–H and O–H groups in total. The molecule has 4 nitrogen and oxygen atoms in total. The van der Waals surface area contributed by atoms with Gasteiger partial charge >= 0.3 is 0 Å². The van der Waals surface area contributed by atoms with E-state index in [2.05, 4.69) is 29.5 Å². The van der Waals surface area contributed by atoms with Crippen molar-refractivity contribution < 1.29 is 0 Å². The minimum atomic E-state index is 0.631. The van der Waals surface area contributed by atoms with E-state index in [1.165, 1.54) is 0 Å². The van der Waals surface area contributed by atoms with Gasteiger partial charge in [0, 0.05) is 11.6 Å². The minimum Gasteiger partial charge on any atom is -0.311 e. The number of hydrogen-bond donors (Lipinski definition) is 1. The average molecular weight is 279 g/mol. The average Bonchev–Trinajstić information content (AvgIpc) is 2.81. The number of rotatable bonds is 5. The Morgan fingerprint density at radius 2 is 2.16 bits per heavy atom. The highest BCUT2D eigenvalue weighted by atomic mass is 35.5. The van der Waals surface area contributed by atoms with Crippen molar-refractivity contribution in [3.63, 3.8) is 0 Å². The van der Waals surface area contributed by atoms with E-state index in [1.54, 1.807) is 4.68 Å². The Morgan fingerprint density at radius 1 is 1.37 bits per heavy atom. The van der Waals surface area contributed by atoms with Crippen LogP contribution < -0.4 is 5.32 Å². The molecule has 0 aliphatic rings. The van der Waals surface area contributed by atoms with E-state index < -0.39 is 0 Å². The molecule has 102 valence electrons. The molecule has 0 unspecified atom stereocenters. The Bertz CT molecular complexity index is 548. The van der Waals surface area contributed by atoms with E-state index >= 15 is 0 Å². The number of halogens is 1. The molecule has 2 aromatic rings. The summed E-state index contributed by atoms with van der Waals surface area (Å²) in [7, 11) is 0. The first-order valence-corrected chi connectivity index (χ1v) is 6.82. The van der Waals surface area contributed by atoms with Crippen LogP contribution in [0.25, 0.3) is 5.69 Å². The maximum atomic E-state index is 6.12. The van der Waals surface area contributed by atoms with Crippen LogP contribution in [0.4, 0.5) is 0 Å². The van der Waals surface area contributed by atoms with Crippen molar-refractivity contribution in [3.05, 3.63) is 40.7 Å². The minimum absolute atomic E-state index is 0.631. The SMILES string of the molecule is Cc1ccc(-n2cc(CNCC(C)C)nn2)cc1Cl. The van der Waals surface area contributed by atoms with Crippen molar-refractivity contribution in [3.8, 4) is 5.69 Å². The third-order valence-electron chi connectivity index (χ3n) is 2.82. The van der Waals surface area contributed by atoms with E-state index in [1.807, 2.05) is 31.3 Å². The largest absolute Gasteiger partial charge is 0.311 e. The Balaban J connectivity index is 2.05. The summed E-state index contributed by atoms with van der Waals surface area (Å²) in [6.07, 6.45) is 1.92. The summed E-state index contributed by atoms with van der Waals surface area (Å²) in [5, 5.41) is 12.4. The molecular weight excluding hydrogens is 260 g/mol. The predicted octanol–water partition coefficient (Wildman–Crippen LogP) is 2.97. The van der Waals surface area contributed by atoms with Crippen LogP contribution in [0.1, 0.15) is 25.1 Å². The Kier molecular flexibility index (Phi) is 4.56. The van der Waals surface area contributed by atoms with Gasteiger partial charge in [-0.15, -0.1) is 5.10 Å². The van der Waals surface area contributed by atoms with Crippen LogP contribution in [0.2, 0.25) is 5.02 Å². The first-order chi connectivity index (χ1) is 9.06. The molecule has 0 fully saturated rings. The van der Waals surface area contributed by atoms with Gasteiger partial charge in [0.2, 0.25) is 0 Å². The van der Waals surface area contributed by atoms with Gasteiger partial charge in [0.05, 0.1) is 17.6 Å². The quantitative estimate of drug-likeness (QED) is 0.914. The molecule has 0 saturated carbocycles. The van der Waals surface area contributed by atoms with Crippen molar-refractivity contribution >= 4 is 11.6 Å². The molecule has 0 aliphatic carbocycles. The molecule has 0 radical (unpaired) electrons. The second kappa shape index (κ2) is 6.17. The fourth-order valence-electron chi connectivity index (χ4n) is 1.72. The van der Waals surface area contributed by atoms with E-state index in [-0.39, 0.29) is 0 Å². The van der Waals surface area contributed by atoms with Gasteiger partial charge in [-0.25, -0.2) is 4.68 Å². The summed E-state index contributed by atoms with van der Waals surface area (Å²) < 4.78 is 1.75. The lowest BCUT2D eigenvalue weighted by Gasteiger charge is -2.04. The summed E-state index contributed by atoms with van der Waals surface area (Å²) >= 11 is 6.12. The van der Waals surface area contributed by atoms with E-state index in [4.69, 9.17) is 11.6 Å². The molecule has 19 heavy (non-hydrogen) atoms. The molecule has 0 bridgehead atoms. The van der Waals surface area contributed by atoms with Crippen molar-refractivity contribution in [2.75, 3.05) is 6.54 Å². The van der Waals surface area contributed by atoms with Crippen molar-refractivity contribution in [2.45, 2.75) is 27.3 Å². The lowest BCUT2D eigenvalue weighted by molar-refractivity contribution is 0.548. The van der Waals surface area contributed by atoms with E-state index in [9.17, 15) is 0 Å². The maximum absolute atomic E-state index is 6.12. The maximum Gasteiger partial charge on any atom is 0.0969 e. The van der Waals surface area contributed by atoms with Gasteiger partial charge in [-0.2, -0.15) is 0 Å². The Hall–Kier alpha value is -1.39. The molecule has 0 spiro atoms. The second-order valence-corrected chi connectivity index (χ2v) is 5.52. The van der Waals surface area contributed by atoms with Gasteiger partial charge in [0.15, 0.2) is 0 Å². The van der Waals surface area contributed by atoms with Crippen LogP contribution >= 0.6 is 11.6 Å². The smallest absolute Gasteiger partial charge is 0.0969 e. The summed E-state index contributed by atoms with van der Waals surface area (Å²) in [6, 6.07) is 5.87. The van der Waals surface area contributed by atoms with Gasteiger partial charge < -0.3 is 5.32 Å². The predicted molar refractivity (Wildman–Crippen MR) is 77.7 cm³/mol. The highest BCUT2D eigenvalue weighted by Gasteiger charge is 2.04. The highest BCUT2D eigenvalue weighted by molar-refractivity contribution is 6.31. The zero-order valence-electron chi connectivity index (χ0n) is 11.5. The molecule has 1 heterocycles. The number of aromatic nitrogens is 3. The molecule has 1 aromatic carbocycles. The summed E-state index contributed by atoms with van der Waals surface area (Å²) in [5.41, 5.74) is 2.92. The third kappa shape index (κ3) is 3.78. The van der Waals surface area contributed by atoms with Crippen LogP contribution in [-0.4, -0.2) is 21.5 Å².